The van der Waals surface area contributed by atoms with Crippen LogP contribution in [0.1, 0.15) is 16.7 Å². The summed E-state index contributed by atoms with van der Waals surface area (Å²) in [5.74, 6) is 0.882. The van der Waals surface area contributed by atoms with E-state index in [0.717, 1.165) is 57.4 Å². The number of methoxy groups -OCH3 is 1. The second-order valence-electron chi connectivity index (χ2n) is 8.90. The number of rotatable bonds is 9. The van der Waals surface area contributed by atoms with Gasteiger partial charge in [0, 0.05) is 56.5 Å². The van der Waals surface area contributed by atoms with Crippen LogP contribution in [0, 0.1) is 0 Å². The molecule has 0 spiro atoms. The first-order valence-electron chi connectivity index (χ1n) is 12.1. The fourth-order valence-corrected chi connectivity index (χ4v) is 4.47. The summed E-state index contributed by atoms with van der Waals surface area (Å²) in [7, 11) is 1.71. The summed E-state index contributed by atoms with van der Waals surface area (Å²) in [6.45, 7) is 6.22. The molecule has 0 amide bonds. The molecule has 180 valence electrons. The van der Waals surface area contributed by atoms with Gasteiger partial charge in [0.1, 0.15) is 5.75 Å². The number of benzene rings is 3. The van der Waals surface area contributed by atoms with Crippen molar-refractivity contribution in [2.45, 2.75) is 19.6 Å². The lowest BCUT2D eigenvalue weighted by Gasteiger charge is -2.28. The molecule has 35 heavy (non-hydrogen) atoms. The maximum atomic E-state index is 5.48. The summed E-state index contributed by atoms with van der Waals surface area (Å²) in [4.78, 5) is 9.02. The molecule has 2 heterocycles. The van der Waals surface area contributed by atoms with Gasteiger partial charge in [0.2, 0.25) is 0 Å². The predicted molar refractivity (Wildman–Crippen MR) is 139 cm³/mol. The standard InChI is InChI=1S/C29H32N4O2/c1-34-29-4-2-3-26(19-29)22-33(21-25-7-9-27(10-8-25)32-14-13-30-23-32)28-11-5-24(6-12-28)20-31-15-17-35-18-16-31/h2-14,19,23H,15-18,20-22H2,1H3. The topological polar surface area (TPSA) is 42.8 Å². The number of anilines is 1. The molecule has 3 aromatic carbocycles. The first kappa shape index (κ1) is 23.1. The van der Waals surface area contributed by atoms with E-state index >= 15 is 0 Å². The van der Waals surface area contributed by atoms with Gasteiger partial charge in [-0.15, -0.1) is 0 Å². The number of ether oxygens (including phenoxy) is 2. The zero-order chi connectivity index (χ0) is 23.9. The van der Waals surface area contributed by atoms with Crippen LogP contribution >= 0.6 is 0 Å². The molecule has 1 fully saturated rings. The van der Waals surface area contributed by atoms with Crippen LogP contribution in [0.4, 0.5) is 5.69 Å². The lowest BCUT2D eigenvalue weighted by molar-refractivity contribution is 0.0342. The average Bonchev–Trinajstić information content (AvgIpc) is 3.45. The Bertz CT molecular complexity index is 1180. The Kier molecular flexibility index (Phi) is 7.41. The van der Waals surface area contributed by atoms with E-state index in [9.17, 15) is 0 Å². The van der Waals surface area contributed by atoms with Gasteiger partial charge in [-0.3, -0.25) is 4.90 Å². The van der Waals surface area contributed by atoms with Crippen LogP contribution in [0.3, 0.4) is 0 Å². The molecule has 6 nitrogen and oxygen atoms in total. The third kappa shape index (κ3) is 6.10. The van der Waals surface area contributed by atoms with Crippen LogP contribution in [0.2, 0.25) is 0 Å². The zero-order valence-electron chi connectivity index (χ0n) is 20.2. The Labute approximate surface area is 207 Å². The van der Waals surface area contributed by atoms with Crippen molar-refractivity contribution < 1.29 is 9.47 Å². The molecule has 0 unspecified atom stereocenters. The van der Waals surface area contributed by atoms with Gasteiger partial charge >= 0.3 is 0 Å². The monoisotopic (exact) mass is 468 g/mol. The Morgan fingerprint density at radius 3 is 2.34 bits per heavy atom. The SMILES string of the molecule is COc1cccc(CN(Cc2ccc(-n3ccnc3)cc2)c2ccc(CN3CCOCC3)cc2)c1. The Hall–Kier alpha value is -3.61. The molecule has 0 bridgehead atoms. The van der Waals surface area contributed by atoms with E-state index in [-0.39, 0.29) is 0 Å². The molecule has 5 rings (SSSR count). The van der Waals surface area contributed by atoms with Crippen molar-refractivity contribution in [3.05, 3.63) is 108 Å². The zero-order valence-corrected chi connectivity index (χ0v) is 20.2. The van der Waals surface area contributed by atoms with E-state index in [4.69, 9.17) is 9.47 Å². The number of nitrogens with zero attached hydrogens (tertiary/aromatic N) is 4. The Morgan fingerprint density at radius 1 is 0.886 bits per heavy atom. The van der Waals surface area contributed by atoms with E-state index in [1.165, 1.54) is 22.4 Å². The highest BCUT2D eigenvalue weighted by Gasteiger charge is 2.13. The van der Waals surface area contributed by atoms with Crippen molar-refractivity contribution in [1.82, 2.24) is 14.5 Å². The van der Waals surface area contributed by atoms with Crippen LogP contribution in [0.25, 0.3) is 5.69 Å². The van der Waals surface area contributed by atoms with Crippen LogP contribution < -0.4 is 9.64 Å². The highest BCUT2D eigenvalue weighted by atomic mass is 16.5. The lowest BCUT2D eigenvalue weighted by atomic mass is 10.1. The first-order valence-corrected chi connectivity index (χ1v) is 12.1. The van der Waals surface area contributed by atoms with Crippen molar-refractivity contribution in [3.8, 4) is 11.4 Å². The number of hydrogen-bond donors (Lipinski definition) is 0. The number of aromatic nitrogens is 2. The minimum absolute atomic E-state index is 0.795. The Balaban J connectivity index is 1.35. The molecule has 0 saturated carbocycles. The van der Waals surface area contributed by atoms with Crippen LogP contribution in [-0.2, 0) is 24.4 Å². The first-order chi connectivity index (χ1) is 17.3. The van der Waals surface area contributed by atoms with Crippen molar-refractivity contribution in [3.63, 3.8) is 0 Å². The quantitative estimate of drug-likeness (QED) is 0.349. The van der Waals surface area contributed by atoms with Crippen molar-refractivity contribution in [2.24, 2.45) is 0 Å². The summed E-state index contributed by atoms with van der Waals surface area (Å²) in [6.07, 6.45) is 5.58. The fraction of sp³-hybridized carbons (Fsp3) is 0.276. The smallest absolute Gasteiger partial charge is 0.119 e. The maximum Gasteiger partial charge on any atom is 0.119 e. The van der Waals surface area contributed by atoms with Gasteiger partial charge < -0.3 is 18.9 Å². The van der Waals surface area contributed by atoms with Crippen molar-refractivity contribution in [2.75, 3.05) is 38.3 Å². The number of imidazole rings is 1. The summed E-state index contributed by atoms with van der Waals surface area (Å²) >= 11 is 0. The maximum absolute atomic E-state index is 5.48. The highest BCUT2D eigenvalue weighted by Crippen LogP contribution is 2.24. The molecule has 0 atom stereocenters. The molecule has 1 aliphatic rings. The summed E-state index contributed by atoms with van der Waals surface area (Å²) in [6, 6.07) is 26.0. The largest absolute Gasteiger partial charge is 0.497 e. The van der Waals surface area contributed by atoms with E-state index < -0.39 is 0 Å². The van der Waals surface area contributed by atoms with Gasteiger partial charge in [-0.1, -0.05) is 36.4 Å². The molecular formula is C29H32N4O2. The third-order valence-corrected chi connectivity index (χ3v) is 6.43. The van der Waals surface area contributed by atoms with E-state index in [0.29, 0.717) is 0 Å². The van der Waals surface area contributed by atoms with Gasteiger partial charge in [-0.25, -0.2) is 4.98 Å². The van der Waals surface area contributed by atoms with Crippen molar-refractivity contribution in [1.29, 1.82) is 0 Å². The van der Waals surface area contributed by atoms with Gasteiger partial charge in [0.15, 0.2) is 0 Å². The Morgan fingerprint density at radius 2 is 1.63 bits per heavy atom. The van der Waals surface area contributed by atoms with E-state index in [2.05, 4.69) is 81.5 Å². The number of hydrogen-bond acceptors (Lipinski definition) is 5. The van der Waals surface area contributed by atoms with Crippen LogP contribution in [0.5, 0.6) is 5.75 Å². The second-order valence-corrected chi connectivity index (χ2v) is 8.90. The van der Waals surface area contributed by atoms with Gasteiger partial charge in [0.05, 0.1) is 26.7 Å². The minimum Gasteiger partial charge on any atom is -0.497 e. The number of morpholine rings is 1. The summed E-state index contributed by atoms with van der Waals surface area (Å²) in [5.41, 5.74) is 6.13. The van der Waals surface area contributed by atoms with Crippen molar-refractivity contribution >= 4 is 5.69 Å². The second kappa shape index (κ2) is 11.2. The molecule has 6 heteroatoms. The molecule has 0 radical (unpaired) electrons. The van der Waals surface area contributed by atoms with Gasteiger partial charge in [-0.2, -0.15) is 0 Å². The van der Waals surface area contributed by atoms with Gasteiger partial charge in [0.25, 0.3) is 0 Å². The normalized spacial score (nSPS) is 14.1. The molecule has 4 aromatic rings. The van der Waals surface area contributed by atoms with E-state index in [1.54, 1.807) is 13.3 Å². The summed E-state index contributed by atoms with van der Waals surface area (Å²) < 4.78 is 13.0. The highest BCUT2D eigenvalue weighted by molar-refractivity contribution is 5.50. The third-order valence-electron chi connectivity index (χ3n) is 6.43. The molecule has 1 saturated heterocycles. The molecule has 0 N–H and O–H groups in total. The van der Waals surface area contributed by atoms with Crippen LogP contribution in [-0.4, -0.2) is 47.9 Å². The lowest BCUT2D eigenvalue weighted by Crippen LogP contribution is -2.35. The predicted octanol–water partition coefficient (Wildman–Crippen LogP) is 4.92. The summed E-state index contributed by atoms with van der Waals surface area (Å²) in [5, 5.41) is 0. The molecule has 1 aliphatic heterocycles. The van der Waals surface area contributed by atoms with Crippen LogP contribution in [0.15, 0.2) is 91.5 Å². The molecule has 1 aromatic heterocycles. The minimum atomic E-state index is 0.795. The van der Waals surface area contributed by atoms with Gasteiger partial charge in [-0.05, 0) is 53.1 Å². The average molecular weight is 469 g/mol. The molecular weight excluding hydrogens is 436 g/mol. The van der Waals surface area contributed by atoms with E-state index in [1.807, 2.05) is 23.2 Å². The molecule has 0 aliphatic carbocycles. The fourth-order valence-electron chi connectivity index (χ4n) is 4.47.